The summed E-state index contributed by atoms with van der Waals surface area (Å²) in [6, 6.07) is 11.2. The second-order valence-corrected chi connectivity index (χ2v) is 7.02. The third-order valence-corrected chi connectivity index (χ3v) is 6.02. The first-order valence-corrected chi connectivity index (χ1v) is 8.50. The highest BCUT2D eigenvalue weighted by molar-refractivity contribution is 5.23. The molecule has 2 saturated heterocycles. The molecule has 3 fully saturated rings. The zero-order valence-electron chi connectivity index (χ0n) is 12.8. The normalized spacial score (nSPS) is 40.3. The van der Waals surface area contributed by atoms with Gasteiger partial charge in [-0.15, -0.1) is 0 Å². The number of ether oxygens (including phenoxy) is 1. The summed E-state index contributed by atoms with van der Waals surface area (Å²) in [5.41, 5.74) is 7.82. The maximum absolute atomic E-state index is 6.79. The van der Waals surface area contributed by atoms with Crippen molar-refractivity contribution in [3.05, 3.63) is 35.9 Å². The van der Waals surface area contributed by atoms with Gasteiger partial charge in [-0.2, -0.15) is 0 Å². The number of piperidine rings is 1. The first kappa shape index (κ1) is 13.7. The number of nitrogens with two attached hydrogens (primary N) is 1. The Morgan fingerprint density at radius 1 is 1.00 bits per heavy atom. The average Bonchev–Trinajstić information content (AvgIpc) is 2.54. The summed E-state index contributed by atoms with van der Waals surface area (Å²) >= 11 is 0. The van der Waals surface area contributed by atoms with Crippen molar-refractivity contribution in [1.29, 1.82) is 0 Å². The van der Waals surface area contributed by atoms with E-state index in [4.69, 9.17) is 10.5 Å². The van der Waals surface area contributed by atoms with Gasteiger partial charge in [-0.25, -0.2) is 0 Å². The molecule has 21 heavy (non-hydrogen) atoms. The monoisotopic (exact) mass is 286 g/mol. The highest BCUT2D eigenvalue weighted by atomic mass is 16.5. The lowest BCUT2D eigenvalue weighted by atomic mass is 9.67. The SMILES string of the molecule is N[C@]12CCCC[C@]13CCCCN3[C@H](c1ccccc1)CO2. The molecule has 1 saturated carbocycles. The van der Waals surface area contributed by atoms with Crippen LogP contribution in [0, 0.1) is 0 Å². The van der Waals surface area contributed by atoms with Crippen LogP contribution in [0.25, 0.3) is 0 Å². The van der Waals surface area contributed by atoms with Crippen molar-refractivity contribution in [2.75, 3.05) is 13.2 Å². The third-order valence-electron chi connectivity index (χ3n) is 6.02. The van der Waals surface area contributed by atoms with Gasteiger partial charge in [0.15, 0.2) is 0 Å². The summed E-state index contributed by atoms with van der Waals surface area (Å²) in [4.78, 5) is 2.72. The van der Waals surface area contributed by atoms with Crippen LogP contribution in [0.3, 0.4) is 0 Å². The molecule has 1 aromatic rings. The Hall–Kier alpha value is -0.900. The van der Waals surface area contributed by atoms with Gasteiger partial charge in [0.1, 0.15) is 5.72 Å². The second kappa shape index (κ2) is 5.08. The highest BCUT2D eigenvalue weighted by Crippen LogP contribution is 2.52. The number of nitrogens with zero attached hydrogens (tertiary/aromatic N) is 1. The van der Waals surface area contributed by atoms with Crippen LogP contribution in [0.5, 0.6) is 0 Å². The van der Waals surface area contributed by atoms with Gasteiger partial charge in [0.2, 0.25) is 0 Å². The summed E-state index contributed by atoms with van der Waals surface area (Å²) in [6.07, 6.45) is 8.51. The summed E-state index contributed by atoms with van der Waals surface area (Å²) in [5, 5.41) is 0. The number of rotatable bonds is 1. The molecule has 1 spiro atoms. The highest BCUT2D eigenvalue weighted by Gasteiger charge is 2.59. The Bertz CT molecular complexity index is 499. The fourth-order valence-corrected chi connectivity index (χ4v) is 4.96. The molecule has 0 bridgehead atoms. The summed E-state index contributed by atoms with van der Waals surface area (Å²) < 4.78 is 6.33. The molecule has 0 amide bonds. The predicted octanol–water partition coefficient (Wildman–Crippen LogP) is 3.21. The van der Waals surface area contributed by atoms with Gasteiger partial charge in [-0.1, -0.05) is 43.2 Å². The molecule has 2 aliphatic heterocycles. The molecule has 3 atom stereocenters. The quantitative estimate of drug-likeness (QED) is 0.861. The van der Waals surface area contributed by atoms with Gasteiger partial charge in [0, 0.05) is 0 Å². The molecule has 2 heterocycles. The minimum atomic E-state index is -0.420. The van der Waals surface area contributed by atoms with E-state index in [0.29, 0.717) is 6.04 Å². The molecule has 3 heteroatoms. The van der Waals surface area contributed by atoms with Crippen LogP contribution in [0.1, 0.15) is 56.6 Å². The van der Waals surface area contributed by atoms with Crippen LogP contribution in [-0.4, -0.2) is 29.3 Å². The van der Waals surface area contributed by atoms with Crippen LogP contribution >= 0.6 is 0 Å². The number of hydrogen-bond acceptors (Lipinski definition) is 3. The standard InChI is InChI=1S/C18H26N2O/c19-18-12-5-4-10-17(18)11-6-7-13-20(17)16(14-21-18)15-8-2-1-3-9-15/h1-3,8-9,16H,4-7,10-14,19H2/t16-,17-,18-/m0/s1. The van der Waals surface area contributed by atoms with Gasteiger partial charge < -0.3 is 10.5 Å². The van der Waals surface area contributed by atoms with Crippen molar-refractivity contribution in [3.63, 3.8) is 0 Å². The van der Waals surface area contributed by atoms with Crippen molar-refractivity contribution in [3.8, 4) is 0 Å². The molecule has 0 radical (unpaired) electrons. The largest absolute Gasteiger partial charge is 0.357 e. The summed E-state index contributed by atoms with van der Waals surface area (Å²) in [6.45, 7) is 1.91. The predicted molar refractivity (Wildman–Crippen MR) is 83.8 cm³/mol. The Morgan fingerprint density at radius 2 is 1.71 bits per heavy atom. The van der Waals surface area contributed by atoms with E-state index < -0.39 is 5.72 Å². The third kappa shape index (κ3) is 1.98. The van der Waals surface area contributed by atoms with E-state index in [0.717, 1.165) is 13.0 Å². The maximum atomic E-state index is 6.79. The molecule has 4 rings (SSSR count). The fourth-order valence-electron chi connectivity index (χ4n) is 4.96. The molecule has 114 valence electrons. The molecule has 0 aromatic heterocycles. The van der Waals surface area contributed by atoms with Gasteiger partial charge in [-0.3, -0.25) is 4.90 Å². The van der Waals surface area contributed by atoms with Gasteiger partial charge in [0.25, 0.3) is 0 Å². The zero-order chi connectivity index (χ0) is 14.3. The summed E-state index contributed by atoms with van der Waals surface area (Å²) in [7, 11) is 0. The lowest BCUT2D eigenvalue weighted by Gasteiger charge is -2.64. The van der Waals surface area contributed by atoms with Crippen molar-refractivity contribution >= 4 is 0 Å². The Morgan fingerprint density at radius 3 is 2.52 bits per heavy atom. The van der Waals surface area contributed by atoms with E-state index in [9.17, 15) is 0 Å². The van der Waals surface area contributed by atoms with Crippen molar-refractivity contribution < 1.29 is 4.74 Å². The van der Waals surface area contributed by atoms with Crippen LogP contribution in [0.2, 0.25) is 0 Å². The molecular weight excluding hydrogens is 260 g/mol. The number of morpholine rings is 1. The minimum absolute atomic E-state index is 0.0717. The van der Waals surface area contributed by atoms with Gasteiger partial charge >= 0.3 is 0 Å². The molecule has 3 aliphatic rings. The van der Waals surface area contributed by atoms with E-state index in [1.807, 2.05) is 0 Å². The molecule has 1 aliphatic carbocycles. The van der Waals surface area contributed by atoms with Gasteiger partial charge in [0.05, 0.1) is 18.2 Å². The smallest absolute Gasteiger partial charge is 0.135 e. The zero-order valence-corrected chi connectivity index (χ0v) is 12.8. The van der Waals surface area contributed by atoms with Crippen molar-refractivity contribution in [2.45, 2.75) is 62.3 Å². The molecule has 0 unspecified atom stereocenters. The topological polar surface area (TPSA) is 38.5 Å². The number of hydrogen-bond donors (Lipinski definition) is 1. The maximum Gasteiger partial charge on any atom is 0.135 e. The molecule has 1 aromatic carbocycles. The first-order chi connectivity index (χ1) is 10.3. The second-order valence-electron chi connectivity index (χ2n) is 7.02. The van der Waals surface area contributed by atoms with Crippen molar-refractivity contribution in [1.82, 2.24) is 4.90 Å². The average molecular weight is 286 g/mol. The van der Waals surface area contributed by atoms with Crippen LogP contribution in [-0.2, 0) is 4.74 Å². The van der Waals surface area contributed by atoms with Crippen LogP contribution < -0.4 is 5.73 Å². The van der Waals surface area contributed by atoms with E-state index in [2.05, 4.69) is 35.2 Å². The van der Waals surface area contributed by atoms with Crippen LogP contribution in [0.15, 0.2) is 30.3 Å². The Kier molecular flexibility index (Phi) is 3.32. The Balaban J connectivity index is 1.74. The molecule has 2 N–H and O–H groups in total. The van der Waals surface area contributed by atoms with E-state index in [1.54, 1.807) is 0 Å². The molecular formula is C18H26N2O. The molecule has 3 nitrogen and oxygen atoms in total. The van der Waals surface area contributed by atoms with Crippen molar-refractivity contribution in [2.24, 2.45) is 5.73 Å². The fraction of sp³-hybridized carbons (Fsp3) is 0.667. The lowest BCUT2D eigenvalue weighted by Crippen LogP contribution is -2.76. The number of benzene rings is 1. The first-order valence-electron chi connectivity index (χ1n) is 8.50. The Labute approximate surface area is 127 Å². The van der Waals surface area contributed by atoms with E-state index >= 15 is 0 Å². The van der Waals surface area contributed by atoms with Crippen LogP contribution in [0.4, 0.5) is 0 Å². The van der Waals surface area contributed by atoms with E-state index in [-0.39, 0.29) is 5.54 Å². The lowest BCUT2D eigenvalue weighted by molar-refractivity contribution is -0.247. The van der Waals surface area contributed by atoms with E-state index in [1.165, 1.54) is 50.6 Å². The summed E-state index contributed by atoms with van der Waals surface area (Å²) in [5.74, 6) is 0. The van der Waals surface area contributed by atoms with Gasteiger partial charge in [-0.05, 0) is 44.2 Å². The minimum Gasteiger partial charge on any atom is -0.357 e.